The smallest absolute Gasteiger partial charge is 0.272 e. The molecule has 1 rings (SSSR count). The van der Waals surface area contributed by atoms with E-state index in [2.05, 4.69) is 0 Å². The monoisotopic (exact) mass is 222 g/mol. The van der Waals surface area contributed by atoms with E-state index in [4.69, 9.17) is 0 Å². The van der Waals surface area contributed by atoms with E-state index in [0.29, 0.717) is 5.56 Å². The molecule has 0 saturated heterocycles. The lowest BCUT2D eigenvalue weighted by atomic mass is 9.76. The van der Waals surface area contributed by atoms with Gasteiger partial charge in [0.05, 0.1) is 11.5 Å². The molecule has 0 aromatic heterocycles. The summed E-state index contributed by atoms with van der Waals surface area (Å²) in [6, 6.07) is 6.50. The second-order valence-electron chi connectivity index (χ2n) is 4.81. The van der Waals surface area contributed by atoms with Crippen molar-refractivity contribution in [1.82, 2.24) is 0 Å². The van der Waals surface area contributed by atoms with Crippen LogP contribution in [-0.2, 0) is 0 Å². The molecule has 0 aliphatic carbocycles. The van der Waals surface area contributed by atoms with Gasteiger partial charge in [-0.05, 0) is 5.41 Å². The van der Waals surface area contributed by atoms with Crippen LogP contribution in [0.3, 0.4) is 0 Å². The summed E-state index contributed by atoms with van der Waals surface area (Å²) in [6.45, 7) is 6.83. The van der Waals surface area contributed by atoms with Crippen LogP contribution in [0.25, 0.3) is 0 Å². The van der Waals surface area contributed by atoms with Gasteiger partial charge in [-0.15, -0.1) is 0 Å². The van der Waals surface area contributed by atoms with Crippen molar-refractivity contribution in [2.45, 2.75) is 26.7 Å². The molecule has 1 radical (unpaired) electrons. The first-order chi connectivity index (χ1) is 7.38. The molecule has 87 valence electrons. The molecule has 1 N–H and O–H groups in total. The van der Waals surface area contributed by atoms with Crippen molar-refractivity contribution in [1.29, 1.82) is 0 Å². The maximum Gasteiger partial charge on any atom is 0.272 e. The number of para-hydroxylation sites is 1. The molecule has 1 aromatic rings. The Balaban J connectivity index is 3.25. The molecular weight excluding hydrogens is 206 g/mol. The van der Waals surface area contributed by atoms with Crippen LogP contribution in [0.4, 0.5) is 5.69 Å². The van der Waals surface area contributed by atoms with Gasteiger partial charge in [0.1, 0.15) is 0 Å². The topological polar surface area (TPSA) is 63.4 Å². The first-order valence-corrected chi connectivity index (χ1v) is 5.08. The van der Waals surface area contributed by atoms with Gasteiger partial charge in [0, 0.05) is 17.5 Å². The Morgan fingerprint density at radius 2 is 1.94 bits per heavy atom. The Hall–Kier alpha value is -1.42. The molecule has 4 heteroatoms. The van der Waals surface area contributed by atoms with Crippen LogP contribution < -0.4 is 0 Å². The summed E-state index contributed by atoms with van der Waals surface area (Å²) in [5, 5.41) is 20.2. The van der Waals surface area contributed by atoms with Gasteiger partial charge in [-0.3, -0.25) is 10.1 Å². The van der Waals surface area contributed by atoms with Gasteiger partial charge in [-0.1, -0.05) is 39.0 Å². The number of nitrogens with zero attached hydrogens (tertiary/aromatic N) is 1. The maximum atomic E-state index is 10.9. The molecule has 1 aromatic carbocycles. The van der Waals surface area contributed by atoms with Crippen LogP contribution in [0.5, 0.6) is 0 Å². The van der Waals surface area contributed by atoms with Crippen molar-refractivity contribution in [3.63, 3.8) is 0 Å². The molecule has 0 spiro atoms. The number of aliphatic hydroxyl groups excluding tert-OH is 1. The molecule has 0 saturated carbocycles. The van der Waals surface area contributed by atoms with E-state index in [1.807, 2.05) is 20.8 Å². The summed E-state index contributed by atoms with van der Waals surface area (Å²) in [5.41, 5.74) is 0.330. The Labute approximate surface area is 95.1 Å². The lowest BCUT2D eigenvalue weighted by Gasteiger charge is -2.28. The number of hydrogen-bond donors (Lipinski definition) is 1. The van der Waals surface area contributed by atoms with Gasteiger partial charge in [-0.25, -0.2) is 0 Å². The summed E-state index contributed by atoms with van der Waals surface area (Å²) < 4.78 is 0. The highest BCUT2D eigenvalue weighted by molar-refractivity contribution is 5.43. The molecule has 0 bridgehead atoms. The van der Waals surface area contributed by atoms with E-state index in [1.165, 1.54) is 6.07 Å². The summed E-state index contributed by atoms with van der Waals surface area (Å²) in [6.07, 6.45) is 0. The van der Waals surface area contributed by atoms with Gasteiger partial charge in [0.15, 0.2) is 0 Å². The molecule has 0 aliphatic rings. The van der Waals surface area contributed by atoms with Crippen molar-refractivity contribution in [3.8, 4) is 0 Å². The minimum atomic E-state index is -0.419. The molecular formula is C12H16NO3. The molecule has 1 atom stereocenters. The standard InChI is InChI=1S/C12H16NO3/c1-12(2,3)10(8-14)9-6-4-5-7-11(9)13(15)16/h4-8,10,14H,1-3H3. The van der Waals surface area contributed by atoms with Gasteiger partial charge >= 0.3 is 0 Å². The van der Waals surface area contributed by atoms with Crippen molar-refractivity contribution >= 4 is 5.69 Å². The summed E-state index contributed by atoms with van der Waals surface area (Å²) in [5.74, 6) is -0.353. The lowest BCUT2D eigenvalue weighted by molar-refractivity contribution is -0.385. The summed E-state index contributed by atoms with van der Waals surface area (Å²) in [4.78, 5) is 10.5. The fraction of sp³-hybridized carbons (Fsp3) is 0.417. The van der Waals surface area contributed by atoms with Gasteiger partial charge in [-0.2, -0.15) is 0 Å². The third-order valence-electron chi connectivity index (χ3n) is 2.55. The summed E-state index contributed by atoms with van der Waals surface area (Å²) in [7, 11) is 0. The molecule has 1 unspecified atom stereocenters. The van der Waals surface area contributed by atoms with E-state index in [-0.39, 0.29) is 17.0 Å². The molecule has 0 amide bonds. The van der Waals surface area contributed by atoms with E-state index < -0.39 is 4.92 Å². The van der Waals surface area contributed by atoms with Gasteiger partial charge < -0.3 is 5.11 Å². The number of benzene rings is 1. The van der Waals surface area contributed by atoms with Crippen molar-refractivity contribution in [3.05, 3.63) is 46.6 Å². The minimum absolute atomic E-state index is 0.0488. The number of nitro groups is 1. The first-order valence-electron chi connectivity index (χ1n) is 5.08. The highest BCUT2D eigenvalue weighted by Crippen LogP contribution is 2.40. The van der Waals surface area contributed by atoms with Crippen LogP contribution in [0, 0.1) is 22.1 Å². The van der Waals surface area contributed by atoms with Crippen molar-refractivity contribution < 1.29 is 10.0 Å². The second-order valence-corrected chi connectivity index (χ2v) is 4.81. The zero-order chi connectivity index (χ0) is 12.3. The lowest BCUT2D eigenvalue weighted by Crippen LogP contribution is -2.19. The second kappa shape index (κ2) is 4.61. The van der Waals surface area contributed by atoms with Crippen LogP contribution in [-0.4, -0.2) is 10.0 Å². The highest BCUT2D eigenvalue weighted by atomic mass is 16.6. The predicted octanol–water partition coefficient (Wildman–Crippen LogP) is 3.26. The largest absolute Gasteiger partial charge is 0.390 e. The Kier molecular flexibility index (Phi) is 3.65. The number of nitro benzene ring substituents is 1. The van der Waals surface area contributed by atoms with Gasteiger partial charge in [0.2, 0.25) is 0 Å². The molecule has 4 nitrogen and oxygen atoms in total. The fourth-order valence-corrected chi connectivity index (χ4v) is 1.69. The number of rotatable bonds is 3. The normalized spacial score (nSPS) is 13.5. The third kappa shape index (κ3) is 2.58. The van der Waals surface area contributed by atoms with E-state index in [0.717, 1.165) is 6.61 Å². The zero-order valence-electron chi connectivity index (χ0n) is 9.68. The zero-order valence-corrected chi connectivity index (χ0v) is 9.68. The van der Waals surface area contributed by atoms with E-state index in [1.54, 1.807) is 18.2 Å². The molecule has 0 fully saturated rings. The highest BCUT2D eigenvalue weighted by Gasteiger charge is 2.31. The average molecular weight is 222 g/mol. The SMILES string of the molecule is CC(C)(C)C([CH]O)c1ccccc1[N+](=O)[O-]. The number of aliphatic hydroxyl groups is 1. The van der Waals surface area contributed by atoms with Crippen LogP contribution >= 0.6 is 0 Å². The van der Waals surface area contributed by atoms with E-state index >= 15 is 0 Å². The number of hydrogen-bond acceptors (Lipinski definition) is 3. The van der Waals surface area contributed by atoms with Crippen LogP contribution in [0.2, 0.25) is 0 Å². The Bertz CT molecular complexity index is 382. The van der Waals surface area contributed by atoms with Crippen LogP contribution in [0.1, 0.15) is 32.3 Å². The van der Waals surface area contributed by atoms with Crippen molar-refractivity contribution in [2.75, 3.05) is 0 Å². The van der Waals surface area contributed by atoms with E-state index in [9.17, 15) is 15.2 Å². The quantitative estimate of drug-likeness (QED) is 0.630. The molecule has 16 heavy (non-hydrogen) atoms. The van der Waals surface area contributed by atoms with Crippen LogP contribution in [0.15, 0.2) is 24.3 Å². The Morgan fingerprint density at radius 3 is 2.38 bits per heavy atom. The van der Waals surface area contributed by atoms with Gasteiger partial charge in [0.25, 0.3) is 5.69 Å². The molecule has 0 heterocycles. The summed E-state index contributed by atoms with van der Waals surface area (Å²) >= 11 is 0. The Morgan fingerprint density at radius 1 is 1.38 bits per heavy atom. The first kappa shape index (κ1) is 12.6. The average Bonchev–Trinajstić information content (AvgIpc) is 2.17. The fourth-order valence-electron chi connectivity index (χ4n) is 1.69. The molecule has 0 aliphatic heterocycles. The minimum Gasteiger partial charge on any atom is -0.390 e. The third-order valence-corrected chi connectivity index (χ3v) is 2.55. The van der Waals surface area contributed by atoms with Crippen molar-refractivity contribution in [2.24, 2.45) is 5.41 Å². The maximum absolute atomic E-state index is 10.9. The predicted molar refractivity (Wildman–Crippen MR) is 61.5 cm³/mol.